The van der Waals surface area contributed by atoms with E-state index in [0.29, 0.717) is 16.4 Å². The predicted octanol–water partition coefficient (Wildman–Crippen LogP) is 3.24. The van der Waals surface area contributed by atoms with Crippen LogP contribution < -0.4 is 10.6 Å². The first kappa shape index (κ1) is 16.6. The minimum absolute atomic E-state index is 0.00424. The Bertz CT molecular complexity index is 443. The molecule has 0 fully saturated rings. The molecule has 20 heavy (non-hydrogen) atoms. The van der Waals surface area contributed by atoms with E-state index in [1.165, 1.54) is 0 Å². The number of anilines is 1. The number of unbranched alkanes of at least 4 members (excludes halogenated alkanes) is 2. The summed E-state index contributed by atoms with van der Waals surface area (Å²) in [6, 6.07) is 1.65. The highest BCUT2D eigenvalue weighted by molar-refractivity contribution is 6.36. The monoisotopic (exact) mass is 298 g/mol. The minimum atomic E-state index is 0.00424. The van der Waals surface area contributed by atoms with Crippen molar-refractivity contribution in [1.29, 1.82) is 0 Å². The number of aromatic nitrogens is 1. The van der Waals surface area contributed by atoms with Crippen LogP contribution in [0.25, 0.3) is 0 Å². The van der Waals surface area contributed by atoms with Gasteiger partial charge >= 0.3 is 0 Å². The van der Waals surface area contributed by atoms with Crippen molar-refractivity contribution in [1.82, 2.24) is 4.98 Å². The molecule has 1 heterocycles. The molecule has 0 saturated carbocycles. The van der Waals surface area contributed by atoms with E-state index >= 15 is 0 Å². The third kappa shape index (κ3) is 4.27. The van der Waals surface area contributed by atoms with Gasteiger partial charge in [0.15, 0.2) is 5.84 Å². The average Bonchev–Trinajstić information content (AvgIpc) is 2.47. The highest BCUT2D eigenvalue weighted by Crippen LogP contribution is 2.27. The topological polar surface area (TPSA) is 74.7 Å². The van der Waals surface area contributed by atoms with Gasteiger partial charge in [-0.15, -0.1) is 0 Å². The molecule has 1 rings (SSSR count). The van der Waals surface area contributed by atoms with Gasteiger partial charge < -0.3 is 15.8 Å². The lowest BCUT2D eigenvalue weighted by atomic mass is 10.2. The zero-order valence-electron chi connectivity index (χ0n) is 12.1. The second kappa shape index (κ2) is 8.64. The molecule has 6 heteroatoms. The molecule has 1 aromatic heterocycles. The van der Waals surface area contributed by atoms with Gasteiger partial charge in [0, 0.05) is 24.8 Å². The van der Waals surface area contributed by atoms with Gasteiger partial charge in [-0.3, -0.25) is 0 Å². The van der Waals surface area contributed by atoms with Crippen molar-refractivity contribution in [3.05, 3.63) is 22.8 Å². The molecule has 3 N–H and O–H groups in total. The van der Waals surface area contributed by atoms with E-state index in [2.05, 4.69) is 28.9 Å². The fourth-order valence-electron chi connectivity index (χ4n) is 1.93. The van der Waals surface area contributed by atoms with Crippen molar-refractivity contribution in [2.75, 3.05) is 18.0 Å². The molecule has 0 aromatic carbocycles. The maximum Gasteiger partial charge on any atom is 0.171 e. The summed E-state index contributed by atoms with van der Waals surface area (Å²) in [4.78, 5) is 6.53. The van der Waals surface area contributed by atoms with Crippen LogP contribution in [0.1, 0.15) is 45.1 Å². The second-order valence-corrected chi connectivity index (χ2v) is 5.05. The lowest BCUT2D eigenvalue weighted by Crippen LogP contribution is -2.27. The maximum absolute atomic E-state index is 8.80. The van der Waals surface area contributed by atoms with Gasteiger partial charge in [-0.05, 0) is 18.9 Å². The number of hydrogen-bond donors (Lipinski definition) is 2. The Morgan fingerprint density at radius 3 is 2.45 bits per heavy atom. The van der Waals surface area contributed by atoms with Crippen molar-refractivity contribution in [2.24, 2.45) is 10.9 Å². The van der Waals surface area contributed by atoms with Crippen LogP contribution in [0.2, 0.25) is 5.02 Å². The van der Waals surface area contributed by atoms with Crippen molar-refractivity contribution in [2.45, 2.75) is 39.5 Å². The molecule has 0 bridgehead atoms. The van der Waals surface area contributed by atoms with E-state index in [-0.39, 0.29) is 5.84 Å². The summed E-state index contributed by atoms with van der Waals surface area (Å²) in [5, 5.41) is 12.2. The fourth-order valence-corrected chi connectivity index (χ4v) is 2.25. The standard InChI is InChI=1S/C14H23ClN4O/c1-3-5-9-19(10-6-4-2)14-12(15)11(7-8-17-14)13(16)18-20/h7-8,20H,3-6,9-10H2,1-2H3,(H2,16,18). The van der Waals surface area contributed by atoms with Crippen LogP contribution in [0.5, 0.6) is 0 Å². The first-order chi connectivity index (χ1) is 9.65. The summed E-state index contributed by atoms with van der Waals surface area (Å²) in [7, 11) is 0. The Balaban J connectivity index is 3.05. The number of hydrogen-bond acceptors (Lipinski definition) is 4. The van der Waals surface area contributed by atoms with Crippen LogP contribution in [0.4, 0.5) is 5.82 Å². The van der Waals surface area contributed by atoms with Gasteiger partial charge in [-0.2, -0.15) is 0 Å². The van der Waals surface area contributed by atoms with E-state index in [1.807, 2.05) is 0 Å². The van der Waals surface area contributed by atoms with E-state index in [9.17, 15) is 0 Å². The molecule has 5 nitrogen and oxygen atoms in total. The lowest BCUT2D eigenvalue weighted by Gasteiger charge is -2.25. The Hall–Kier alpha value is -1.49. The molecular formula is C14H23ClN4O. The van der Waals surface area contributed by atoms with Crippen LogP contribution >= 0.6 is 11.6 Å². The number of oxime groups is 1. The number of nitrogens with two attached hydrogens (primary N) is 1. The molecule has 0 spiro atoms. The maximum atomic E-state index is 8.80. The molecule has 0 saturated heterocycles. The van der Waals surface area contributed by atoms with E-state index in [0.717, 1.165) is 38.8 Å². The van der Waals surface area contributed by atoms with Crippen LogP contribution in [0.3, 0.4) is 0 Å². The quantitative estimate of drug-likeness (QED) is 0.334. The predicted molar refractivity (Wildman–Crippen MR) is 83.8 cm³/mol. The van der Waals surface area contributed by atoms with E-state index in [4.69, 9.17) is 22.5 Å². The fraction of sp³-hybridized carbons (Fsp3) is 0.571. The summed E-state index contributed by atoms with van der Waals surface area (Å²) < 4.78 is 0. The molecule has 0 amide bonds. The summed E-state index contributed by atoms with van der Waals surface area (Å²) in [6.45, 7) is 6.12. The Morgan fingerprint density at radius 2 is 1.95 bits per heavy atom. The summed E-state index contributed by atoms with van der Waals surface area (Å²) in [5.74, 6) is 0.710. The van der Waals surface area contributed by atoms with Gasteiger partial charge in [-0.25, -0.2) is 4.98 Å². The highest BCUT2D eigenvalue weighted by atomic mass is 35.5. The zero-order chi connectivity index (χ0) is 15.0. The molecule has 0 aliphatic heterocycles. The number of nitrogens with zero attached hydrogens (tertiary/aromatic N) is 3. The molecule has 0 unspecified atom stereocenters. The first-order valence-electron chi connectivity index (χ1n) is 7.03. The number of pyridine rings is 1. The Kier molecular flexibility index (Phi) is 7.15. The van der Waals surface area contributed by atoms with Crippen LogP contribution in [0.15, 0.2) is 17.4 Å². The molecule has 0 atom stereocenters. The second-order valence-electron chi connectivity index (χ2n) is 4.68. The van der Waals surface area contributed by atoms with E-state index < -0.39 is 0 Å². The largest absolute Gasteiger partial charge is 0.409 e. The number of amidine groups is 1. The summed E-state index contributed by atoms with van der Waals surface area (Å²) in [5.41, 5.74) is 6.14. The van der Waals surface area contributed by atoms with Gasteiger partial charge in [0.1, 0.15) is 5.82 Å². The van der Waals surface area contributed by atoms with Crippen LogP contribution in [0, 0.1) is 0 Å². The molecule has 112 valence electrons. The molecule has 1 aromatic rings. The zero-order valence-corrected chi connectivity index (χ0v) is 12.9. The molecular weight excluding hydrogens is 276 g/mol. The van der Waals surface area contributed by atoms with Crippen LogP contribution in [-0.2, 0) is 0 Å². The summed E-state index contributed by atoms with van der Waals surface area (Å²) in [6.07, 6.45) is 6.02. The van der Waals surface area contributed by atoms with Crippen LogP contribution in [-0.4, -0.2) is 29.1 Å². The smallest absolute Gasteiger partial charge is 0.171 e. The van der Waals surface area contributed by atoms with Gasteiger partial charge in [-0.1, -0.05) is 43.4 Å². The van der Waals surface area contributed by atoms with E-state index in [1.54, 1.807) is 12.3 Å². The minimum Gasteiger partial charge on any atom is -0.409 e. The van der Waals surface area contributed by atoms with Gasteiger partial charge in [0.05, 0.1) is 5.02 Å². The first-order valence-corrected chi connectivity index (χ1v) is 7.40. The highest BCUT2D eigenvalue weighted by Gasteiger charge is 2.16. The van der Waals surface area contributed by atoms with Crippen molar-refractivity contribution >= 4 is 23.3 Å². The third-order valence-corrected chi connectivity index (χ3v) is 3.49. The Labute approximate surface area is 125 Å². The molecule has 0 aliphatic rings. The number of rotatable bonds is 8. The molecule has 0 radical (unpaired) electrons. The molecule has 0 aliphatic carbocycles. The SMILES string of the molecule is CCCCN(CCCC)c1nccc(/C(N)=N/O)c1Cl. The number of halogens is 1. The van der Waals surface area contributed by atoms with Crippen molar-refractivity contribution in [3.63, 3.8) is 0 Å². The lowest BCUT2D eigenvalue weighted by molar-refractivity contribution is 0.318. The van der Waals surface area contributed by atoms with Gasteiger partial charge in [0.2, 0.25) is 0 Å². The normalized spacial score (nSPS) is 11.7. The third-order valence-electron chi connectivity index (χ3n) is 3.12. The van der Waals surface area contributed by atoms with Crippen molar-refractivity contribution in [3.8, 4) is 0 Å². The Morgan fingerprint density at radius 1 is 1.35 bits per heavy atom. The average molecular weight is 299 g/mol. The van der Waals surface area contributed by atoms with Crippen molar-refractivity contribution < 1.29 is 5.21 Å². The van der Waals surface area contributed by atoms with Gasteiger partial charge in [0.25, 0.3) is 0 Å². The summed E-state index contributed by atoms with van der Waals surface area (Å²) >= 11 is 6.36.